The first-order valence-electron chi connectivity index (χ1n) is 10.7. The molecule has 0 aliphatic carbocycles. The number of hydrogen-bond acceptors (Lipinski definition) is 3. The van der Waals surface area contributed by atoms with E-state index in [0.717, 1.165) is 25.1 Å². The number of carbonyl (C=O) groups is 2. The van der Waals surface area contributed by atoms with Crippen molar-refractivity contribution in [1.29, 1.82) is 0 Å². The van der Waals surface area contributed by atoms with E-state index in [9.17, 15) is 9.59 Å². The summed E-state index contributed by atoms with van der Waals surface area (Å²) in [6.07, 6.45) is 2.38. The van der Waals surface area contributed by atoms with Crippen LogP contribution in [0.15, 0.2) is 24.3 Å². The van der Waals surface area contributed by atoms with Gasteiger partial charge in [-0.15, -0.1) is 0 Å². The predicted octanol–water partition coefficient (Wildman–Crippen LogP) is 3.31. The van der Waals surface area contributed by atoms with E-state index in [2.05, 4.69) is 50.5 Å². The van der Waals surface area contributed by atoms with Crippen LogP contribution in [0.1, 0.15) is 52.5 Å². The van der Waals surface area contributed by atoms with Gasteiger partial charge in [0.05, 0.1) is 6.61 Å². The molecule has 29 heavy (non-hydrogen) atoms. The molecule has 1 aromatic rings. The maximum Gasteiger partial charge on any atom is 0.317 e. The van der Waals surface area contributed by atoms with Gasteiger partial charge in [0.1, 0.15) is 5.75 Å². The fraction of sp³-hybridized carbons (Fsp3) is 0.652. The summed E-state index contributed by atoms with van der Waals surface area (Å²) < 4.78 is 5.76. The van der Waals surface area contributed by atoms with E-state index in [1.807, 2.05) is 17.0 Å². The van der Waals surface area contributed by atoms with Crippen LogP contribution in [-0.4, -0.2) is 49.6 Å². The number of likely N-dealkylation sites (tertiary alicyclic amines) is 1. The number of piperidine rings is 1. The molecule has 6 nitrogen and oxygen atoms in total. The van der Waals surface area contributed by atoms with Crippen LogP contribution in [0.25, 0.3) is 0 Å². The molecule has 2 heterocycles. The van der Waals surface area contributed by atoms with Crippen LogP contribution in [-0.2, 0) is 10.2 Å². The second-order valence-electron chi connectivity index (χ2n) is 9.71. The number of amides is 3. The predicted molar refractivity (Wildman–Crippen MR) is 114 cm³/mol. The Morgan fingerprint density at radius 1 is 1.24 bits per heavy atom. The molecule has 0 atom stereocenters. The van der Waals surface area contributed by atoms with Gasteiger partial charge in [-0.25, -0.2) is 4.79 Å². The Morgan fingerprint density at radius 2 is 1.90 bits per heavy atom. The second kappa shape index (κ2) is 8.64. The van der Waals surface area contributed by atoms with Gasteiger partial charge in [0.15, 0.2) is 0 Å². The van der Waals surface area contributed by atoms with Gasteiger partial charge in [0.25, 0.3) is 0 Å². The van der Waals surface area contributed by atoms with Crippen molar-refractivity contribution in [2.75, 3.05) is 32.8 Å². The number of nitrogens with zero attached hydrogens (tertiary/aromatic N) is 1. The van der Waals surface area contributed by atoms with Crippen molar-refractivity contribution in [3.05, 3.63) is 29.8 Å². The number of urea groups is 1. The molecule has 1 aromatic carbocycles. The van der Waals surface area contributed by atoms with E-state index in [-0.39, 0.29) is 22.8 Å². The molecular weight excluding hydrogens is 366 g/mol. The number of carbonyl (C=O) groups excluding carboxylic acids is 2. The van der Waals surface area contributed by atoms with Crippen LogP contribution in [0.2, 0.25) is 0 Å². The molecule has 0 bridgehead atoms. The minimum atomic E-state index is -0.176. The Labute approximate surface area is 174 Å². The SMILES string of the molecule is CC(C)COc1ccc(C(C)(C)CNC(=O)N2CCC3(CC2)CNC(=O)C3)cc1. The van der Waals surface area contributed by atoms with Crippen LogP contribution in [0.5, 0.6) is 5.75 Å². The van der Waals surface area contributed by atoms with E-state index in [4.69, 9.17) is 4.74 Å². The first kappa shape index (κ1) is 21.5. The second-order valence-corrected chi connectivity index (χ2v) is 9.71. The molecule has 0 aromatic heterocycles. The summed E-state index contributed by atoms with van der Waals surface area (Å²) in [5.41, 5.74) is 1.06. The molecule has 0 radical (unpaired) electrons. The average Bonchev–Trinajstić information content (AvgIpc) is 3.05. The smallest absolute Gasteiger partial charge is 0.317 e. The van der Waals surface area contributed by atoms with Crippen molar-refractivity contribution in [3.63, 3.8) is 0 Å². The van der Waals surface area contributed by atoms with Gasteiger partial charge in [-0.2, -0.15) is 0 Å². The topological polar surface area (TPSA) is 70.7 Å². The van der Waals surface area contributed by atoms with Gasteiger partial charge in [-0.05, 0) is 41.9 Å². The molecule has 0 unspecified atom stereocenters. The van der Waals surface area contributed by atoms with Crippen molar-refractivity contribution in [1.82, 2.24) is 15.5 Å². The van der Waals surface area contributed by atoms with Crippen molar-refractivity contribution in [2.24, 2.45) is 11.3 Å². The van der Waals surface area contributed by atoms with Crippen molar-refractivity contribution in [3.8, 4) is 5.75 Å². The van der Waals surface area contributed by atoms with E-state index in [1.165, 1.54) is 5.56 Å². The lowest BCUT2D eigenvalue weighted by Crippen LogP contribution is -2.50. The van der Waals surface area contributed by atoms with Gasteiger partial charge >= 0.3 is 6.03 Å². The average molecular weight is 402 g/mol. The Balaban J connectivity index is 1.48. The lowest BCUT2D eigenvalue weighted by Gasteiger charge is -2.38. The third-order valence-corrected chi connectivity index (χ3v) is 6.21. The number of benzene rings is 1. The zero-order valence-corrected chi connectivity index (χ0v) is 18.2. The first-order valence-corrected chi connectivity index (χ1v) is 10.7. The molecule has 6 heteroatoms. The van der Waals surface area contributed by atoms with E-state index < -0.39 is 0 Å². The number of nitrogens with one attached hydrogen (secondary N) is 2. The standard InChI is InChI=1S/C23H35N3O3/c1-17(2)14-29-19-7-5-18(6-8-19)22(3,4)15-25-21(28)26-11-9-23(10-12-26)13-20(27)24-16-23/h5-8,17H,9-16H2,1-4H3,(H,24,27)(H,25,28). The molecule has 3 amide bonds. The fourth-order valence-corrected chi connectivity index (χ4v) is 4.07. The molecule has 2 aliphatic rings. The van der Waals surface area contributed by atoms with E-state index >= 15 is 0 Å². The molecule has 160 valence electrons. The number of rotatable bonds is 6. The van der Waals surface area contributed by atoms with Gasteiger partial charge in [0.2, 0.25) is 5.91 Å². The zero-order chi connectivity index (χ0) is 21.1. The highest BCUT2D eigenvalue weighted by Gasteiger charge is 2.41. The number of ether oxygens (including phenoxy) is 1. The minimum absolute atomic E-state index is 0.0119. The third kappa shape index (κ3) is 5.43. The maximum atomic E-state index is 12.7. The van der Waals surface area contributed by atoms with E-state index in [1.54, 1.807) is 0 Å². The molecule has 3 rings (SSSR count). The Hall–Kier alpha value is -2.24. The largest absolute Gasteiger partial charge is 0.493 e. The summed E-state index contributed by atoms with van der Waals surface area (Å²) in [4.78, 5) is 26.1. The highest BCUT2D eigenvalue weighted by Crippen LogP contribution is 2.37. The Bertz CT molecular complexity index is 719. The van der Waals surface area contributed by atoms with Crippen LogP contribution in [0, 0.1) is 11.3 Å². The molecule has 2 saturated heterocycles. The van der Waals surface area contributed by atoms with Crippen LogP contribution in [0.3, 0.4) is 0 Å². The third-order valence-electron chi connectivity index (χ3n) is 6.21. The van der Waals surface area contributed by atoms with Crippen LogP contribution >= 0.6 is 0 Å². The maximum absolute atomic E-state index is 12.7. The van der Waals surface area contributed by atoms with Crippen molar-refractivity contribution < 1.29 is 14.3 Å². The van der Waals surface area contributed by atoms with Crippen LogP contribution in [0.4, 0.5) is 4.79 Å². The summed E-state index contributed by atoms with van der Waals surface area (Å²) in [5.74, 6) is 1.52. The monoisotopic (exact) mass is 401 g/mol. The minimum Gasteiger partial charge on any atom is -0.493 e. The van der Waals surface area contributed by atoms with Crippen LogP contribution < -0.4 is 15.4 Å². The Kier molecular flexibility index (Phi) is 6.39. The zero-order valence-electron chi connectivity index (χ0n) is 18.2. The first-order chi connectivity index (χ1) is 13.7. The van der Waals surface area contributed by atoms with Crippen molar-refractivity contribution >= 4 is 11.9 Å². The van der Waals surface area contributed by atoms with Gasteiger partial charge in [-0.1, -0.05) is 39.8 Å². The van der Waals surface area contributed by atoms with E-state index in [0.29, 0.717) is 38.6 Å². The Morgan fingerprint density at radius 3 is 2.45 bits per heavy atom. The normalized spacial score (nSPS) is 18.8. The summed E-state index contributed by atoms with van der Waals surface area (Å²) in [7, 11) is 0. The summed E-state index contributed by atoms with van der Waals surface area (Å²) in [6, 6.07) is 8.15. The molecular formula is C23H35N3O3. The number of hydrogen-bond donors (Lipinski definition) is 2. The summed E-state index contributed by atoms with van der Waals surface area (Å²) in [6.45, 7) is 12.0. The molecule has 1 spiro atoms. The quantitative estimate of drug-likeness (QED) is 0.768. The molecule has 0 saturated carbocycles. The molecule has 2 aliphatic heterocycles. The van der Waals surface area contributed by atoms with Gasteiger partial charge in [0, 0.05) is 38.0 Å². The molecule has 2 N–H and O–H groups in total. The highest BCUT2D eigenvalue weighted by molar-refractivity contribution is 5.79. The summed E-state index contributed by atoms with van der Waals surface area (Å²) in [5, 5.41) is 6.04. The highest BCUT2D eigenvalue weighted by atomic mass is 16.5. The summed E-state index contributed by atoms with van der Waals surface area (Å²) >= 11 is 0. The lowest BCUT2D eigenvalue weighted by atomic mass is 9.78. The van der Waals surface area contributed by atoms with Gasteiger partial charge < -0.3 is 20.3 Å². The van der Waals surface area contributed by atoms with Crippen molar-refractivity contribution in [2.45, 2.75) is 52.4 Å². The molecule has 2 fully saturated rings. The van der Waals surface area contributed by atoms with Gasteiger partial charge in [-0.3, -0.25) is 4.79 Å². The lowest BCUT2D eigenvalue weighted by molar-refractivity contribution is -0.119. The fourth-order valence-electron chi connectivity index (χ4n) is 4.07.